The van der Waals surface area contributed by atoms with Gasteiger partial charge in [0.2, 0.25) is 0 Å². The molecule has 1 aromatic heterocycles. The van der Waals surface area contributed by atoms with Crippen molar-refractivity contribution in [2.45, 2.75) is 6.10 Å². The zero-order valence-electron chi connectivity index (χ0n) is 8.05. The lowest BCUT2D eigenvalue weighted by Gasteiger charge is -2.10. The van der Waals surface area contributed by atoms with Gasteiger partial charge in [-0.25, -0.2) is 0 Å². The number of hydrogen-bond donors (Lipinski definition) is 2. The Bertz CT molecular complexity index is 472. The number of benzene rings is 1. The molecule has 0 radical (unpaired) electrons. The number of aromatic nitrogens is 1. The van der Waals surface area contributed by atoms with Gasteiger partial charge in [-0.2, -0.15) is 0 Å². The highest BCUT2D eigenvalue weighted by Gasteiger charge is 2.08. The molecule has 1 heterocycles. The highest BCUT2D eigenvalue weighted by Crippen LogP contribution is 2.20. The Labute approximate surface area is 93.2 Å². The first-order valence-corrected chi connectivity index (χ1v) is 5.10. The third kappa shape index (κ3) is 2.32. The maximum atomic E-state index is 10.0. The zero-order chi connectivity index (χ0) is 10.7. The smallest absolute Gasteiger partial charge is 0.105 e. The number of rotatable bonds is 2. The summed E-state index contributed by atoms with van der Waals surface area (Å²) in [6, 6.07) is 13.1. The summed E-state index contributed by atoms with van der Waals surface area (Å²) in [6.07, 6.45) is 1.14. The van der Waals surface area contributed by atoms with Crippen LogP contribution in [-0.4, -0.2) is 10.1 Å². The van der Waals surface area contributed by atoms with Crippen LogP contribution in [0.3, 0.4) is 0 Å². The van der Waals surface area contributed by atoms with Crippen LogP contribution in [0.25, 0.3) is 0 Å². The van der Waals surface area contributed by atoms with E-state index >= 15 is 0 Å². The molecule has 1 atom stereocenters. The number of hydrogen-bond acceptors (Lipinski definition) is 2. The maximum Gasteiger partial charge on any atom is 0.105 e. The lowest BCUT2D eigenvalue weighted by atomic mass is 10.0. The van der Waals surface area contributed by atoms with Crippen LogP contribution in [0.2, 0.25) is 0 Å². The van der Waals surface area contributed by atoms with E-state index in [4.69, 9.17) is 12.2 Å². The molecule has 1 aromatic carbocycles. The SMILES string of the molecule is O[C@@H](c1ccccc1)c1ccc(=S)[nH]c1. The van der Waals surface area contributed by atoms with E-state index in [1.807, 2.05) is 36.4 Å². The van der Waals surface area contributed by atoms with Crippen molar-refractivity contribution in [3.05, 3.63) is 64.4 Å². The quantitative estimate of drug-likeness (QED) is 0.759. The molecule has 0 aliphatic rings. The van der Waals surface area contributed by atoms with Gasteiger partial charge in [-0.1, -0.05) is 48.6 Å². The standard InChI is InChI=1S/C12H11NOS/c14-12(9-4-2-1-3-5-9)10-6-7-11(15)13-8-10/h1-8,12,14H,(H,13,15)/t12-/m0/s1. The first kappa shape index (κ1) is 10.1. The van der Waals surface area contributed by atoms with Gasteiger partial charge in [0, 0.05) is 11.8 Å². The minimum absolute atomic E-state index is 0.599. The van der Waals surface area contributed by atoms with E-state index in [2.05, 4.69) is 4.98 Å². The lowest BCUT2D eigenvalue weighted by molar-refractivity contribution is 0.220. The van der Waals surface area contributed by atoms with Gasteiger partial charge < -0.3 is 10.1 Å². The molecule has 0 unspecified atom stereocenters. The maximum absolute atomic E-state index is 10.0. The lowest BCUT2D eigenvalue weighted by Crippen LogP contribution is -1.99. The van der Waals surface area contributed by atoms with Crippen molar-refractivity contribution >= 4 is 12.2 Å². The summed E-state index contributed by atoms with van der Waals surface area (Å²) in [5.74, 6) is 0. The largest absolute Gasteiger partial charge is 0.384 e. The minimum atomic E-state index is -0.599. The second-order valence-corrected chi connectivity index (χ2v) is 3.74. The molecular formula is C12H11NOS. The van der Waals surface area contributed by atoms with Gasteiger partial charge in [0.05, 0.1) is 0 Å². The summed E-state index contributed by atoms with van der Waals surface area (Å²) in [4.78, 5) is 2.91. The average Bonchev–Trinajstić information content (AvgIpc) is 2.30. The molecule has 0 saturated carbocycles. The highest BCUT2D eigenvalue weighted by molar-refractivity contribution is 7.71. The molecule has 0 aliphatic heterocycles. The van der Waals surface area contributed by atoms with Gasteiger partial charge in [-0.3, -0.25) is 0 Å². The van der Waals surface area contributed by atoms with E-state index in [0.29, 0.717) is 4.64 Å². The summed E-state index contributed by atoms with van der Waals surface area (Å²) >= 11 is 4.94. The molecule has 0 saturated heterocycles. The van der Waals surface area contributed by atoms with E-state index in [9.17, 15) is 5.11 Å². The van der Waals surface area contributed by atoms with Gasteiger partial charge in [0.1, 0.15) is 10.7 Å². The van der Waals surface area contributed by atoms with E-state index < -0.39 is 6.10 Å². The fraction of sp³-hybridized carbons (Fsp3) is 0.0833. The molecule has 0 fully saturated rings. The summed E-state index contributed by atoms with van der Waals surface area (Å²) in [7, 11) is 0. The molecule has 0 aliphatic carbocycles. The third-order valence-corrected chi connectivity index (χ3v) is 2.49. The van der Waals surface area contributed by atoms with E-state index in [-0.39, 0.29) is 0 Å². The summed E-state index contributed by atoms with van der Waals surface area (Å²) < 4.78 is 0.666. The summed E-state index contributed by atoms with van der Waals surface area (Å²) in [5.41, 5.74) is 1.69. The molecule has 76 valence electrons. The fourth-order valence-electron chi connectivity index (χ4n) is 1.42. The predicted molar refractivity (Wildman–Crippen MR) is 62.1 cm³/mol. The summed E-state index contributed by atoms with van der Waals surface area (Å²) in [5, 5.41) is 10.0. The van der Waals surface area contributed by atoms with Crippen molar-refractivity contribution in [1.82, 2.24) is 4.98 Å². The average molecular weight is 217 g/mol. The molecule has 3 heteroatoms. The Morgan fingerprint density at radius 1 is 1.00 bits per heavy atom. The molecule has 2 N–H and O–H groups in total. The third-order valence-electron chi connectivity index (χ3n) is 2.24. The van der Waals surface area contributed by atoms with Crippen LogP contribution >= 0.6 is 12.2 Å². The van der Waals surface area contributed by atoms with E-state index in [1.165, 1.54) is 0 Å². The van der Waals surface area contributed by atoms with Crippen LogP contribution in [0.4, 0.5) is 0 Å². The van der Waals surface area contributed by atoms with Crippen molar-refractivity contribution in [1.29, 1.82) is 0 Å². The van der Waals surface area contributed by atoms with E-state index in [1.54, 1.807) is 12.3 Å². The normalized spacial score (nSPS) is 12.3. The fourth-order valence-corrected chi connectivity index (χ4v) is 1.55. The van der Waals surface area contributed by atoms with Crippen molar-refractivity contribution in [2.75, 3.05) is 0 Å². The highest BCUT2D eigenvalue weighted by atomic mass is 32.1. The number of aromatic amines is 1. The number of aliphatic hydroxyl groups is 1. The monoisotopic (exact) mass is 217 g/mol. The second kappa shape index (κ2) is 4.38. The molecule has 0 amide bonds. The molecule has 2 nitrogen and oxygen atoms in total. The van der Waals surface area contributed by atoms with Gasteiger partial charge in [-0.15, -0.1) is 0 Å². The number of H-pyrrole nitrogens is 1. The van der Waals surface area contributed by atoms with Crippen molar-refractivity contribution in [3.63, 3.8) is 0 Å². The number of pyridine rings is 1. The molecule has 15 heavy (non-hydrogen) atoms. The van der Waals surface area contributed by atoms with Crippen LogP contribution in [0.5, 0.6) is 0 Å². The van der Waals surface area contributed by atoms with Crippen LogP contribution in [0.15, 0.2) is 48.7 Å². The molecule has 2 aromatic rings. The van der Waals surface area contributed by atoms with Crippen LogP contribution in [0, 0.1) is 4.64 Å². The predicted octanol–water partition coefficient (Wildman–Crippen LogP) is 2.83. The Morgan fingerprint density at radius 3 is 2.33 bits per heavy atom. The molecular weight excluding hydrogens is 206 g/mol. The number of aliphatic hydroxyl groups excluding tert-OH is 1. The van der Waals surface area contributed by atoms with Gasteiger partial charge in [0.25, 0.3) is 0 Å². The minimum Gasteiger partial charge on any atom is -0.384 e. The first-order chi connectivity index (χ1) is 7.27. The van der Waals surface area contributed by atoms with Crippen LogP contribution < -0.4 is 0 Å². The Kier molecular flexibility index (Phi) is 2.94. The van der Waals surface area contributed by atoms with Crippen LogP contribution in [0.1, 0.15) is 17.2 Å². The van der Waals surface area contributed by atoms with Gasteiger partial charge in [-0.05, 0) is 11.6 Å². The van der Waals surface area contributed by atoms with Crippen molar-refractivity contribution in [3.8, 4) is 0 Å². The van der Waals surface area contributed by atoms with Gasteiger partial charge >= 0.3 is 0 Å². The second-order valence-electron chi connectivity index (χ2n) is 3.30. The number of nitrogens with one attached hydrogen (secondary N) is 1. The molecule has 0 bridgehead atoms. The van der Waals surface area contributed by atoms with E-state index in [0.717, 1.165) is 11.1 Å². The Balaban J connectivity index is 2.32. The van der Waals surface area contributed by atoms with Crippen LogP contribution in [-0.2, 0) is 0 Å². The Morgan fingerprint density at radius 2 is 1.73 bits per heavy atom. The first-order valence-electron chi connectivity index (χ1n) is 4.69. The molecule has 2 rings (SSSR count). The zero-order valence-corrected chi connectivity index (χ0v) is 8.87. The molecule has 0 spiro atoms. The summed E-state index contributed by atoms with van der Waals surface area (Å²) in [6.45, 7) is 0. The van der Waals surface area contributed by atoms with Gasteiger partial charge in [0.15, 0.2) is 0 Å². The van der Waals surface area contributed by atoms with Crippen molar-refractivity contribution < 1.29 is 5.11 Å². The Hall–Kier alpha value is -1.45. The topological polar surface area (TPSA) is 36.0 Å². The van der Waals surface area contributed by atoms with Crippen molar-refractivity contribution in [2.24, 2.45) is 0 Å².